The number of benzene rings is 2. The lowest BCUT2D eigenvalue weighted by atomic mass is 10.0. The van der Waals surface area contributed by atoms with Gasteiger partial charge in [0.2, 0.25) is 0 Å². The molecule has 0 heterocycles. The van der Waals surface area contributed by atoms with E-state index in [9.17, 15) is 5.11 Å². The van der Waals surface area contributed by atoms with Gasteiger partial charge in [0, 0.05) is 5.02 Å². The van der Waals surface area contributed by atoms with Crippen molar-refractivity contribution in [2.24, 2.45) is 0 Å². The third-order valence-electron chi connectivity index (χ3n) is 2.59. The maximum Gasteiger partial charge on any atom is 0.118 e. The largest absolute Gasteiger partial charge is 0.508 e. The molecule has 0 saturated heterocycles. The van der Waals surface area contributed by atoms with Gasteiger partial charge in [-0.15, -0.1) is 0 Å². The van der Waals surface area contributed by atoms with Gasteiger partial charge in [-0.05, 0) is 42.2 Å². The highest BCUT2D eigenvalue weighted by Crippen LogP contribution is 2.18. The minimum Gasteiger partial charge on any atom is -0.508 e. The third-order valence-corrected chi connectivity index (χ3v) is 2.84. The number of aryl methyl sites for hydroxylation is 2. The Morgan fingerprint density at radius 2 is 1.56 bits per heavy atom. The fraction of sp³-hybridized carbons (Fsp3) is 0.143. The molecule has 0 aliphatic carbocycles. The van der Waals surface area contributed by atoms with Crippen molar-refractivity contribution in [2.45, 2.75) is 12.8 Å². The summed E-state index contributed by atoms with van der Waals surface area (Å²) in [6, 6.07) is 15.3. The first kappa shape index (κ1) is 11.0. The average Bonchev–Trinajstić information content (AvgIpc) is 2.30. The number of para-hydroxylation sites is 1. The Bertz CT molecular complexity index is 462. The van der Waals surface area contributed by atoms with Crippen LogP contribution < -0.4 is 0 Å². The summed E-state index contributed by atoms with van der Waals surface area (Å²) >= 11 is 5.81. The maximum atomic E-state index is 9.61. The zero-order valence-electron chi connectivity index (χ0n) is 8.86. The minimum absolute atomic E-state index is 0.372. The van der Waals surface area contributed by atoms with E-state index in [4.69, 9.17) is 11.6 Å². The molecule has 0 aromatic heterocycles. The molecule has 0 aliphatic heterocycles. The molecule has 2 aromatic rings. The van der Waals surface area contributed by atoms with Gasteiger partial charge in [0.05, 0.1) is 0 Å². The predicted molar refractivity (Wildman–Crippen MR) is 67.0 cm³/mol. The van der Waals surface area contributed by atoms with E-state index >= 15 is 0 Å². The van der Waals surface area contributed by atoms with E-state index in [1.807, 2.05) is 42.5 Å². The van der Waals surface area contributed by atoms with E-state index < -0.39 is 0 Å². The van der Waals surface area contributed by atoms with E-state index in [2.05, 4.69) is 0 Å². The molecular formula is C14H13ClO. The standard InChI is InChI=1S/C14H13ClO/c15-13-9-6-11(7-10-13)5-8-12-3-1-2-4-14(12)16/h1-4,6-7,9-10,16H,5,8H2. The van der Waals surface area contributed by atoms with Crippen molar-refractivity contribution in [1.82, 2.24) is 0 Å². The van der Waals surface area contributed by atoms with Gasteiger partial charge in [0.15, 0.2) is 0 Å². The van der Waals surface area contributed by atoms with Gasteiger partial charge in [0.1, 0.15) is 5.75 Å². The minimum atomic E-state index is 0.372. The van der Waals surface area contributed by atoms with Gasteiger partial charge >= 0.3 is 0 Å². The first-order valence-corrected chi connectivity index (χ1v) is 5.65. The Hall–Kier alpha value is -1.47. The fourth-order valence-corrected chi connectivity index (χ4v) is 1.78. The van der Waals surface area contributed by atoms with Crippen LogP contribution in [0.25, 0.3) is 0 Å². The summed E-state index contributed by atoms with van der Waals surface area (Å²) in [6.07, 6.45) is 1.75. The van der Waals surface area contributed by atoms with E-state index in [0.29, 0.717) is 5.75 Å². The summed E-state index contributed by atoms with van der Waals surface area (Å²) in [4.78, 5) is 0. The van der Waals surface area contributed by atoms with E-state index in [1.54, 1.807) is 6.07 Å². The Balaban J connectivity index is 2.02. The van der Waals surface area contributed by atoms with Gasteiger partial charge in [-0.2, -0.15) is 0 Å². The number of phenols is 1. The molecule has 0 amide bonds. The highest BCUT2D eigenvalue weighted by atomic mass is 35.5. The molecule has 16 heavy (non-hydrogen) atoms. The number of rotatable bonds is 3. The normalized spacial score (nSPS) is 10.3. The average molecular weight is 233 g/mol. The first-order chi connectivity index (χ1) is 7.75. The number of phenolic OH excluding ortho intramolecular Hbond substituents is 1. The Kier molecular flexibility index (Phi) is 3.47. The van der Waals surface area contributed by atoms with Crippen LogP contribution in [0, 0.1) is 0 Å². The molecule has 0 saturated carbocycles. The molecule has 0 radical (unpaired) electrons. The van der Waals surface area contributed by atoms with Crippen molar-refractivity contribution in [1.29, 1.82) is 0 Å². The molecule has 1 nitrogen and oxygen atoms in total. The predicted octanol–water partition coefficient (Wildman–Crippen LogP) is 3.83. The molecule has 0 unspecified atom stereocenters. The smallest absolute Gasteiger partial charge is 0.118 e. The fourth-order valence-electron chi connectivity index (χ4n) is 1.65. The van der Waals surface area contributed by atoms with Gasteiger partial charge < -0.3 is 5.11 Å². The molecule has 0 aliphatic rings. The summed E-state index contributed by atoms with van der Waals surface area (Å²) in [7, 11) is 0. The van der Waals surface area contributed by atoms with Gasteiger partial charge in [-0.25, -0.2) is 0 Å². The highest BCUT2D eigenvalue weighted by Gasteiger charge is 2.00. The second kappa shape index (κ2) is 5.04. The van der Waals surface area contributed by atoms with Crippen LogP contribution in [0.1, 0.15) is 11.1 Å². The van der Waals surface area contributed by atoms with Crippen LogP contribution in [0.5, 0.6) is 5.75 Å². The molecule has 0 fully saturated rings. The molecule has 1 N–H and O–H groups in total. The topological polar surface area (TPSA) is 20.2 Å². The monoisotopic (exact) mass is 232 g/mol. The zero-order valence-corrected chi connectivity index (χ0v) is 9.61. The molecule has 0 bridgehead atoms. The highest BCUT2D eigenvalue weighted by molar-refractivity contribution is 6.30. The second-order valence-corrected chi connectivity index (χ2v) is 4.19. The van der Waals surface area contributed by atoms with Crippen molar-refractivity contribution >= 4 is 11.6 Å². The number of hydrogen-bond acceptors (Lipinski definition) is 1. The lowest BCUT2D eigenvalue weighted by Crippen LogP contribution is -1.91. The summed E-state index contributed by atoms with van der Waals surface area (Å²) in [5, 5.41) is 10.4. The van der Waals surface area contributed by atoms with Gasteiger partial charge in [-0.3, -0.25) is 0 Å². The second-order valence-electron chi connectivity index (χ2n) is 3.76. The van der Waals surface area contributed by atoms with Crippen LogP contribution >= 0.6 is 11.6 Å². The van der Waals surface area contributed by atoms with Crippen LogP contribution in [0.2, 0.25) is 5.02 Å². The number of aromatic hydroxyl groups is 1. The Morgan fingerprint density at radius 3 is 2.25 bits per heavy atom. The third kappa shape index (κ3) is 2.77. The van der Waals surface area contributed by atoms with Crippen LogP contribution in [0.4, 0.5) is 0 Å². The lowest BCUT2D eigenvalue weighted by molar-refractivity contribution is 0.468. The van der Waals surface area contributed by atoms with Crippen molar-refractivity contribution in [3.8, 4) is 5.75 Å². The van der Waals surface area contributed by atoms with Crippen molar-refractivity contribution < 1.29 is 5.11 Å². The number of halogens is 1. The van der Waals surface area contributed by atoms with Crippen LogP contribution in [-0.4, -0.2) is 5.11 Å². The molecular weight excluding hydrogens is 220 g/mol. The zero-order chi connectivity index (χ0) is 11.4. The van der Waals surface area contributed by atoms with Crippen molar-refractivity contribution in [3.05, 3.63) is 64.7 Å². The molecule has 82 valence electrons. The molecule has 2 heteroatoms. The first-order valence-electron chi connectivity index (χ1n) is 5.27. The molecule has 0 atom stereocenters. The summed E-state index contributed by atoms with van der Waals surface area (Å²) in [5.41, 5.74) is 2.21. The molecule has 2 aromatic carbocycles. The van der Waals surface area contributed by atoms with E-state index in [0.717, 1.165) is 23.4 Å². The van der Waals surface area contributed by atoms with Crippen molar-refractivity contribution in [2.75, 3.05) is 0 Å². The Labute approximate surface area is 100 Å². The molecule has 2 rings (SSSR count). The van der Waals surface area contributed by atoms with Crippen LogP contribution in [0.15, 0.2) is 48.5 Å². The van der Waals surface area contributed by atoms with E-state index in [1.165, 1.54) is 5.56 Å². The SMILES string of the molecule is Oc1ccccc1CCc1ccc(Cl)cc1. The van der Waals surface area contributed by atoms with Crippen molar-refractivity contribution in [3.63, 3.8) is 0 Å². The summed E-state index contributed by atoms with van der Waals surface area (Å²) in [5.74, 6) is 0.372. The maximum absolute atomic E-state index is 9.61. The summed E-state index contributed by atoms with van der Waals surface area (Å²) < 4.78 is 0. The Morgan fingerprint density at radius 1 is 0.875 bits per heavy atom. The number of hydrogen-bond donors (Lipinski definition) is 1. The van der Waals surface area contributed by atoms with Gasteiger partial charge in [0.25, 0.3) is 0 Å². The van der Waals surface area contributed by atoms with E-state index in [-0.39, 0.29) is 0 Å². The lowest BCUT2D eigenvalue weighted by Gasteiger charge is -2.04. The van der Waals surface area contributed by atoms with Crippen LogP contribution in [0.3, 0.4) is 0 Å². The van der Waals surface area contributed by atoms with Crippen LogP contribution in [-0.2, 0) is 12.8 Å². The van der Waals surface area contributed by atoms with Gasteiger partial charge in [-0.1, -0.05) is 41.9 Å². The summed E-state index contributed by atoms with van der Waals surface area (Å²) in [6.45, 7) is 0. The quantitative estimate of drug-likeness (QED) is 0.853. The molecule has 0 spiro atoms.